The third-order valence-electron chi connectivity index (χ3n) is 6.17. The van der Waals surface area contributed by atoms with Crippen molar-refractivity contribution in [2.75, 3.05) is 7.11 Å². The maximum absolute atomic E-state index is 14.1. The average Bonchev–Trinajstić information content (AvgIpc) is 3.45. The van der Waals surface area contributed by atoms with Gasteiger partial charge in [0.15, 0.2) is 11.6 Å². The van der Waals surface area contributed by atoms with Crippen LogP contribution in [0.3, 0.4) is 0 Å². The van der Waals surface area contributed by atoms with E-state index in [1.807, 2.05) is 10.8 Å². The van der Waals surface area contributed by atoms with Crippen molar-refractivity contribution in [3.8, 4) is 27.9 Å². The molecule has 6 rings (SSSR count). The predicted molar refractivity (Wildman–Crippen MR) is 134 cm³/mol. The van der Waals surface area contributed by atoms with Gasteiger partial charge in [0, 0.05) is 22.0 Å². The number of hydrogen-bond acceptors (Lipinski definition) is 7. The largest absolute Gasteiger partial charge is 0.494 e. The summed E-state index contributed by atoms with van der Waals surface area (Å²) < 4.78 is 23.5. The summed E-state index contributed by atoms with van der Waals surface area (Å²) in [7, 11) is 1.34. The molecule has 0 saturated heterocycles. The lowest BCUT2D eigenvalue weighted by Gasteiger charge is -2.12. The monoisotopic (exact) mass is 522 g/mol. The molecule has 0 bridgehead atoms. The quantitative estimate of drug-likeness (QED) is 0.341. The Balaban J connectivity index is 1.67. The number of nitriles is 1. The van der Waals surface area contributed by atoms with E-state index in [2.05, 4.69) is 10.1 Å². The fourth-order valence-electron chi connectivity index (χ4n) is 4.33. The lowest BCUT2D eigenvalue weighted by Crippen LogP contribution is -2.38. The van der Waals surface area contributed by atoms with Gasteiger partial charge in [0.25, 0.3) is 5.56 Å². The highest BCUT2D eigenvalue weighted by Crippen LogP contribution is 2.40. The molecule has 0 atom stereocenters. The Hall–Kier alpha value is -4.01. The number of hydrogen-bond donors (Lipinski definition) is 0. The molecule has 180 valence electrons. The molecule has 0 aliphatic heterocycles. The van der Waals surface area contributed by atoms with Gasteiger partial charge in [-0.2, -0.15) is 10.4 Å². The highest BCUT2D eigenvalue weighted by atomic mass is 35.5. The third kappa shape index (κ3) is 3.33. The smallest absolute Gasteiger partial charge is 0.337 e. The number of ether oxygens (including phenoxy) is 1. The molecule has 0 spiro atoms. The molecule has 0 N–H and O–H groups in total. The first-order chi connectivity index (χ1) is 17.4. The summed E-state index contributed by atoms with van der Waals surface area (Å²) in [5, 5.41) is 14.7. The second-order valence-electron chi connectivity index (χ2n) is 8.38. The van der Waals surface area contributed by atoms with Gasteiger partial charge in [-0.25, -0.2) is 13.8 Å². The van der Waals surface area contributed by atoms with Crippen molar-refractivity contribution in [1.82, 2.24) is 23.9 Å². The van der Waals surface area contributed by atoms with E-state index in [1.54, 1.807) is 18.5 Å². The van der Waals surface area contributed by atoms with Crippen LogP contribution in [0, 0.1) is 17.1 Å². The van der Waals surface area contributed by atoms with Crippen LogP contribution in [0.15, 0.2) is 46.4 Å². The van der Waals surface area contributed by atoms with Crippen LogP contribution in [0.1, 0.15) is 18.9 Å². The normalized spacial score (nSPS) is 13.4. The first kappa shape index (κ1) is 22.5. The van der Waals surface area contributed by atoms with Crippen LogP contribution < -0.4 is 16.0 Å². The summed E-state index contributed by atoms with van der Waals surface area (Å²) in [6.07, 6.45) is 6.68. The molecule has 9 nitrogen and oxygen atoms in total. The molecular formula is C24H16ClFN6O3S. The minimum Gasteiger partial charge on any atom is -0.494 e. The Morgan fingerprint density at radius 3 is 2.78 bits per heavy atom. The van der Waals surface area contributed by atoms with Crippen LogP contribution in [-0.2, 0) is 6.54 Å². The summed E-state index contributed by atoms with van der Waals surface area (Å²) in [6.45, 7) is -0.280. The second kappa shape index (κ2) is 8.29. The number of methoxy groups -OCH3 is 1. The molecule has 1 saturated carbocycles. The van der Waals surface area contributed by atoms with Crippen molar-refractivity contribution >= 4 is 44.1 Å². The molecule has 0 radical (unpaired) electrons. The van der Waals surface area contributed by atoms with E-state index < -0.39 is 17.1 Å². The number of thiophene rings is 1. The van der Waals surface area contributed by atoms with Crippen LogP contribution in [0.25, 0.3) is 37.2 Å². The number of nitrogens with zero attached hydrogens (tertiary/aromatic N) is 6. The maximum atomic E-state index is 14.1. The number of pyridine rings is 1. The van der Waals surface area contributed by atoms with Crippen molar-refractivity contribution in [3.05, 3.63) is 68.5 Å². The minimum absolute atomic E-state index is 0.00947. The Kier molecular flexibility index (Phi) is 5.17. The van der Waals surface area contributed by atoms with Gasteiger partial charge >= 0.3 is 5.69 Å². The zero-order valence-electron chi connectivity index (χ0n) is 18.7. The third-order valence-corrected chi connectivity index (χ3v) is 7.63. The first-order valence-electron chi connectivity index (χ1n) is 10.9. The van der Waals surface area contributed by atoms with Crippen molar-refractivity contribution in [2.24, 2.45) is 0 Å². The molecule has 12 heteroatoms. The van der Waals surface area contributed by atoms with E-state index in [-0.39, 0.29) is 33.6 Å². The SMILES string of the molecule is COc1cc(-c2cc3c(s2)c(=O)n(-c2cncc4cnn(C5CC5)c24)c(=O)n3CC#N)c(Cl)cc1F. The van der Waals surface area contributed by atoms with Crippen molar-refractivity contribution in [1.29, 1.82) is 5.26 Å². The Morgan fingerprint density at radius 1 is 1.25 bits per heavy atom. The predicted octanol–water partition coefficient (Wildman–Crippen LogP) is 4.29. The summed E-state index contributed by atoms with van der Waals surface area (Å²) >= 11 is 7.41. The zero-order valence-corrected chi connectivity index (χ0v) is 20.3. The standard InChI is InChI=1S/C24H16ClFN6O3S/c1-35-19-6-14(15(25)7-16(19)26)20-8-17-22(36-20)23(33)31(24(34)30(17)5-4-27)18-11-28-9-12-10-29-32(21(12)18)13-2-3-13/h6-11,13H,2-3,5H2,1H3. The summed E-state index contributed by atoms with van der Waals surface area (Å²) in [5.74, 6) is -0.631. The molecule has 36 heavy (non-hydrogen) atoms. The summed E-state index contributed by atoms with van der Waals surface area (Å²) in [4.78, 5) is 32.2. The fourth-order valence-corrected chi connectivity index (χ4v) is 5.76. The van der Waals surface area contributed by atoms with Gasteiger partial charge in [-0.15, -0.1) is 11.3 Å². The van der Waals surface area contributed by atoms with Gasteiger partial charge in [0.05, 0.1) is 53.4 Å². The number of rotatable bonds is 5. The van der Waals surface area contributed by atoms with Gasteiger partial charge in [-0.3, -0.25) is 19.0 Å². The Bertz CT molecular complexity index is 1860. The van der Waals surface area contributed by atoms with E-state index in [4.69, 9.17) is 16.3 Å². The fraction of sp³-hybridized carbons (Fsp3) is 0.208. The molecular weight excluding hydrogens is 507 g/mol. The molecule has 4 heterocycles. The number of aromatic nitrogens is 5. The second-order valence-corrected chi connectivity index (χ2v) is 9.84. The van der Waals surface area contributed by atoms with Crippen molar-refractivity contribution in [2.45, 2.75) is 25.4 Å². The molecule has 0 amide bonds. The highest BCUT2D eigenvalue weighted by Gasteiger charge is 2.28. The average molecular weight is 523 g/mol. The lowest BCUT2D eigenvalue weighted by atomic mass is 10.1. The van der Waals surface area contributed by atoms with Gasteiger partial charge in [-0.1, -0.05) is 11.6 Å². The first-order valence-corrected chi connectivity index (χ1v) is 12.1. The van der Waals surface area contributed by atoms with E-state index in [0.717, 1.165) is 34.8 Å². The van der Waals surface area contributed by atoms with Gasteiger partial charge in [0.2, 0.25) is 0 Å². The van der Waals surface area contributed by atoms with Crippen LogP contribution in [0.5, 0.6) is 5.75 Å². The molecule has 1 fully saturated rings. The van der Waals surface area contributed by atoms with Gasteiger partial charge < -0.3 is 4.74 Å². The number of halogens is 2. The number of benzene rings is 1. The van der Waals surface area contributed by atoms with Crippen molar-refractivity contribution in [3.63, 3.8) is 0 Å². The van der Waals surface area contributed by atoms with E-state index >= 15 is 0 Å². The Morgan fingerprint density at radius 2 is 2.06 bits per heavy atom. The molecule has 1 aromatic carbocycles. The van der Waals surface area contributed by atoms with Crippen LogP contribution in [0.4, 0.5) is 4.39 Å². The zero-order chi connectivity index (χ0) is 25.1. The van der Waals surface area contributed by atoms with Crippen LogP contribution >= 0.6 is 22.9 Å². The van der Waals surface area contributed by atoms with Crippen LogP contribution in [0.2, 0.25) is 5.02 Å². The Labute approximate surface area is 211 Å². The van der Waals surface area contributed by atoms with E-state index in [1.165, 1.54) is 23.9 Å². The van der Waals surface area contributed by atoms with Crippen molar-refractivity contribution < 1.29 is 9.13 Å². The highest BCUT2D eigenvalue weighted by molar-refractivity contribution is 7.22. The van der Waals surface area contributed by atoms with Gasteiger partial charge in [0.1, 0.15) is 11.2 Å². The lowest BCUT2D eigenvalue weighted by molar-refractivity contribution is 0.387. The molecule has 1 aliphatic rings. The molecule has 0 unspecified atom stereocenters. The summed E-state index contributed by atoms with van der Waals surface area (Å²) in [6, 6.07) is 6.37. The summed E-state index contributed by atoms with van der Waals surface area (Å²) in [5.41, 5.74) is 0.448. The molecule has 4 aromatic heterocycles. The minimum atomic E-state index is -0.668. The number of fused-ring (bicyclic) bond motifs is 2. The van der Waals surface area contributed by atoms with Crippen LogP contribution in [-0.4, -0.2) is 31.0 Å². The van der Waals surface area contributed by atoms with Gasteiger partial charge in [-0.05, 0) is 31.0 Å². The van der Waals surface area contributed by atoms with E-state index in [9.17, 15) is 19.2 Å². The maximum Gasteiger partial charge on any atom is 0.337 e. The molecule has 5 aromatic rings. The topological polar surface area (TPSA) is 108 Å². The molecule has 1 aliphatic carbocycles. The van der Waals surface area contributed by atoms with E-state index in [0.29, 0.717) is 27.0 Å².